The molecule has 0 aromatic carbocycles. The van der Waals surface area contributed by atoms with Crippen LogP contribution in [0.5, 0.6) is 0 Å². The van der Waals surface area contributed by atoms with E-state index in [9.17, 15) is 18.0 Å². The molecule has 2 N–H and O–H groups in total. The van der Waals surface area contributed by atoms with Gasteiger partial charge in [0.25, 0.3) is 0 Å². The second kappa shape index (κ2) is 8.17. The Balaban J connectivity index is 1.51. The third kappa shape index (κ3) is 4.80. The molecule has 28 heavy (non-hydrogen) atoms. The number of rotatable bonds is 5. The summed E-state index contributed by atoms with van der Waals surface area (Å²) in [6.07, 6.45) is -2.02. The van der Waals surface area contributed by atoms with Gasteiger partial charge in [-0.25, -0.2) is 9.78 Å². The average molecular weight is 397 g/mol. The van der Waals surface area contributed by atoms with Crippen LogP contribution in [0.1, 0.15) is 35.2 Å². The largest absolute Gasteiger partial charge is 0.433 e. The van der Waals surface area contributed by atoms with Crippen molar-refractivity contribution in [3.8, 4) is 0 Å². The fraction of sp³-hybridized carbons (Fsp3) is 0.500. The highest BCUT2D eigenvalue weighted by molar-refractivity contribution is 5.74. The number of carbonyl (C=O) groups is 1. The number of alkyl halides is 3. The molecule has 2 atom stereocenters. The minimum Gasteiger partial charge on any atom is -0.371 e. The number of hydrogen-bond acceptors (Lipinski definition) is 4. The minimum atomic E-state index is -4.48. The monoisotopic (exact) mass is 397 g/mol. The minimum absolute atomic E-state index is 0.171. The molecule has 7 nitrogen and oxygen atoms in total. The third-order valence-corrected chi connectivity index (χ3v) is 4.53. The number of nitrogens with one attached hydrogen (secondary N) is 2. The molecule has 1 fully saturated rings. The highest BCUT2D eigenvalue weighted by Crippen LogP contribution is 2.30. The third-order valence-electron chi connectivity index (χ3n) is 4.53. The van der Waals surface area contributed by atoms with Crippen molar-refractivity contribution in [3.05, 3.63) is 47.0 Å². The van der Waals surface area contributed by atoms with Crippen molar-refractivity contribution < 1.29 is 22.7 Å². The van der Waals surface area contributed by atoms with Gasteiger partial charge in [-0.1, -0.05) is 6.07 Å². The van der Waals surface area contributed by atoms with Crippen LogP contribution in [0, 0.1) is 6.92 Å². The van der Waals surface area contributed by atoms with Crippen LogP contribution >= 0.6 is 0 Å². The maximum absolute atomic E-state index is 12.7. The van der Waals surface area contributed by atoms with Gasteiger partial charge in [-0.15, -0.1) is 0 Å². The van der Waals surface area contributed by atoms with E-state index in [2.05, 4.69) is 20.7 Å². The van der Waals surface area contributed by atoms with Crippen LogP contribution in [-0.4, -0.2) is 40.0 Å². The predicted molar refractivity (Wildman–Crippen MR) is 94.5 cm³/mol. The molecular formula is C18H22F3N5O2. The van der Waals surface area contributed by atoms with Crippen molar-refractivity contribution in [1.82, 2.24) is 25.4 Å². The summed E-state index contributed by atoms with van der Waals surface area (Å²) >= 11 is 0. The highest BCUT2D eigenvalue weighted by atomic mass is 19.4. The smallest absolute Gasteiger partial charge is 0.371 e. The van der Waals surface area contributed by atoms with Crippen molar-refractivity contribution in [1.29, 1.82) is 0 Å². The number of ether oxygens (including phenoxy) is 1. The van der Waals surface area contributed by atoms with Gasteiger partial charge >= 0.3 is 12.2 Å². The molecule has 152 valence electrons. The van der Waals surface area contributed by atoms with Crippen LogP contribution in [0.25, 0.3) is 0 Å². The fourth-order valence-electron chi connectivity index (χ4n) is 3.24. The van der Waals surface area contributed by atoms with E-state index in [1.54, 1.807) is 4.68 Å². The molecule has 0 spiro atoms. The van der Waals surface area contributed by atoms with E-state index in [1.165, 1.54) is 12.1 Å². The zero-order chi connectivity index (χ0) is 20.3. The Morgan fingerprint density at radius 1 is 1.39 bits per heavy atom. The number of nitrogens with zero attached hydrogens (tertiary/aromatic N) is 3. The lowest BCUT2D eigenvalue weighted by molar-refractivity contribution is -0.141. The number of carbonyl (C=O) groups excluding carboxylic acids is 1. The van der Waals surface area contributed by atoms with Gasteiger partial charge in [0.2, 0.25) is 0 Å². The SMILES string of the molecule is Cc1nn(C)cc1[C@H]1OCC[C@@H]1NC(=O)NCCc1cccc(C(F)(F)F)n1. The molecule has 3 rings (SSSR count). The van der Waals surface area contributed by atoms with Crippen molar-refractivity contribution >= 4 is 6.03 Å². The van der Waals surface area contributed by atoms with E-state index in [0.29, 0.717) is 13.0 Å². The summed E-state index contributed by atoms with van der Waals surface area (Å²) in [7, 11) is 1.82. The van der Waals surface area contributed by atoms with Crippen LogP contribution in [0.15, 0.2) is 24.4 Å². The van der Waals surface area contributed by atoms with Crippen LogP contribution in [0.4, 0.5) is 18.0 Å². The number of halogens is 3. The number of pyridine rings is 1. The molecule has 10 heteroatoms. The summed E-state index contributed by atoms with van der Waals surface area (Å²) < 4.78 is 45.5. The lowest BCUT2D eigenvalue weighted by Gasteiger charge is -2.20. The van der Waals surface area contributed by atoms with Gasteiger partial charge in [-0.2, -0.15) is 18.3 Å². The summed E-state index contributed by atoms with van der Waals surface area (Å²) in [5.74, 6) is 0. The number of aryl methyl sites for hydroxylation is 2. The average Bonchev–Trinajstić information content (AvgIpc) is 3.19. The zero-order valence-electron chi connectivity index (χ0n) is 15.6. The van der Waals surface area contributed by atoms with Gasteiger partial charge in [0, 0.05) is 44.1 Å². The van der Waals surface area contributed by atoms with E-state index in [4.69, 9.17) is 4.74 Å². The molecule has 0 aliphatic carbocycles. The van der Waals surface area contributed by atoms with E-state index >= 15 is 0 Å². The molecule has 0 radical (unpaired) electrons. The first-order valence-corrected chi connectivity index (χ1v) is 8.93. The Morgan fingerprint density at radius 3 is 2.86 bits per heavy atom. The lowest BCUT2D eigenvalue weighted by Crippen LogP contribution is -2.44. The van der Waals surface area contributed by atoms with Gasteiger partial charge in [0.05, 0.1) is 11.7 Å². The van der Waals surface area contributed by atoms with Crippen LogP contribution in [0.2, 0.25) is 0 Å². The summed E-state index contributed by atoms with van der Waals surface area (Å²) in [6, 6.07) is 3.14. The summed E-state index contributed by atoms with van der Waals surface area (Å²) in [4.78, 5) is 15.8. The van der Waals surface area contributed by atoms with Gasteiger partial charge in [-0.05, 0) is 25.5 Å². The topological polar surface area (TPSA) is 81.1 Å². The van der Waals surface area contributed by atoms with Crippen molar-refractivity contribution in [2.45, 2.75) is 38.1 Å². The van der Waals surface area contributed by atoms with Crippen molar-refractivity contribution in [2.24, 2.45) is 7.05 Å². The molecule has 2 amide bonds. The molecule has 2 aromatic rings. The van der Waals surface area contributed by atoms with E-state index in [1.807, 2.05) is 20.2 Å². The van der Waals surface area contributed by atoms with E-state index < -0.39 is 17.9 Å². The first-order valence-electron chi connectivity index (χ1n) is 8.93. The van der Waals surface area contributed by atoms with E-state index in [0.717, 1.165) is 17.3 Å². The normalized spacial score (nSPS) is 19.6. The molecule has 1 aliphatic rings. The summed E-state index contributed by atoms with van der Waals surface area (Å²) in [6.45, 7) is 2.58. The Bertz CT molecular complexity index is 837. The van der Waals surface area contributed by atoms with Crippen molar-refractivity contribution in [3.63, 3.8) is 0 Å². The standard InChI is InChI=1S/C18H22F3N5O2/c1-11-13(10-26(2)25-11)16-14(7-9-28-16)24-17(27)22-8-6-12-4-3-5-15(23-12)18(19,20)21/h3-5,10,14,16H,6-9H2,1-2H3,(H2,22,24,27)/t14-,16+/m0/s1. The fourth-order valence-corrected chi connectivity index (χ4v) is 3.24. The Kier molecular flexibility index (Phi) is 5.87. The molecular weight excluding hydrogens is 375 g/mol. The number of aromatic nitrogens is 3. The molecule has 0 bridgehead atoms. The lowest BCUT2D eigenvalue weighted by atomic mass is 10.0. The zero-order valence-corrected chi connectivity index (χ0v) is 15.6. The first kappa shape index (κ1) is 20.1. The maximum atomic E-state index is 12.7. The number of amides is 2. The Morgan fingerprint density at radius 2 is 2.18 bits per heavy atom. The molecule has 1 saturated heterocycles. The van der Waals surface area contributed by atoms with Gasteiger partial charge in [0.1, 0.15) is 11.8 Å². The van der Waals surface area contributed by atoms with Gasteiger partial charge in [0.15, 0.2) is 0 Å². The second-order valence-corrected chi connectivity index (χ2v) is 6.69. The predicted octanol–water partition coefficient (Wildman–Crippen LogP) is 2.51. The molecule has 0 unspecified atom stereocenters. The molecule has 3 heterocycles. The number of hydrogen-bond donors (Lipinski definition) is 2. The quantitative estimate of drug-likeness (QED) is 0.813. The first-order chi connectivity index (χ1) is 13.2. The van der Waals surface area contributed by atoms with Gasteiger partial charge < -0.3 is 15.4 Å². The second-order valence-electron chi connectivity index (χ2n) is 6.69. The van der Waals surface area contributed by atoms with Crippen LogP contribution in [-0.2, 0) is 24.4 Å². The molecule has 2 aromatic heterocycles. The van der Waals surface area contributed by atoms with Crippen LogP contribution in [0.3, 0.4) is 0 Å². The maximum Gasteiger partial charge on any atom is 0.433 e. The summed E-state index contributed by atoms with van der Waals surface area (Å²) in [5, 5.41) is 9.83. The van der Waals surface area contributed by atoms with Gasteiger partial charge in [-0.3, -0.25) is 4.68 Å². The molecule has 0 saturated carbocycles. The van der Waals surface area contributed by atoms with Crippen LogP contribution < -0.4 is 10.6 Å². The summed E-state index contributed by atoms with van der Waals surface area (Å²) in [5.41, 5.74) is 1.10. The highest BCUT2D eigenvalue weighted by Gasteiger charge is 2.33. The Labute approximate surface area is 160 Å². The van der Waals surface area contributed by atoms with Crippen molar-refractivity contribution in [2.75, 3.05) is 13.2 Å². The number of urea groups is 1. The van der Waals surface area contributed by atoms with E-state index in [-0.39, 0.29) is 30.8 Å². The Hall–Kier alpha value is -2.62. The molecule has 1 aliphatic heterocycles.